The van der Waals surface area contributed by atoms with Crippen LogP contribution in [-0.2, 0) is 24.2 Å². The van der Waals surface area contributed by atoms with Crippen molar-refractivity contribution in [3.8, 4) is 0 Å². The van der Waals surface area contributed by atoms with E-state index in [-0.39, 0.29) is 28.6 Å². The van der Waals surface area contributed by atoms with Crippen molar-refractivity contribution < 1.29 is 27.5 Å². The monoisotopic (exact) mass is 413 g/mol. The molecule has 0 spiro atoms. The summed E-state index contributed by atoms with van der Waals surface area (Å²) in [5.74, 6) is -0.892. The molecule has 0 bridgehead atoms. The highest BCUT2D eigenvalue weighted by Crippen LogP contribution is 2.24. The van der Waals surface area contributed by atoms with E-state index in [0.717, 1.165) is 0 Å². The second-order valence-electron chi connectivity index (χ2n) is 6.54. The lowest BCUT2D eigenvalue weighted by atomic mass is 10.2. The van der Waals surface area contributed by atoms with Crippen LogP contribution in [0.3, 0.4) is 0 Å². The average molecular weight is 414 g/mol. The van der Waals surface area contributed by atoms with Crippen LogP contribution in [0.4, 0.5) is 0 Å². The predicted octanol–water partition coefficient (Wildman–Crippen LogP) is 1.56. The number of Topliss-reactive ketones (excluding diaryl/α,β-unsaturated/α-hetero) is 1. The lowest BCUT2D eigenvalue weighted by molar-refractivity contribution is -0.140. The standard InChI is InChI=1S/C18H23NO6S2/c1-12(20)10-26-16-7-5-4-6-15(16)18(22)25-13(2)17(21)19(3)14-8-9-27(23,24)11-14/h4-7,13-14H,8-11H2,1-3H3/t13-,14+/m1/s1. The largest absolute Gasteiger partial charge is 0.449 e. The number of hydrogen-bond donors (Lipinski definition) is 0. The van der Waals surface area contributed by atoms with Crippen LogP contribution in [0.15, 0.2) is 29.2 Å². The fourth-order valence-corrected chi connectivity index (χ4v) is 5.38. The van der Waals surface area contributed by atoms with Gasteiger partial charge in [0.25, 0.3) is 5.91 Å². The fraction of sp³-hybridized carbons (Fsp3) is 0.500. The molecule has 1 aliphatic rings. The summed E-state index contributed by atoms with van der Waals surface area (Å²) in [7, 11) is -1.59. The Labute approximate surface area is 163 Å². The number of hydrogen-bond acceptors (Lipinski definition) is 7. The van der Waals surface area contributed by atoms with E-state index in [1.807, 2.05) is 0 Å². The molecule has 1 saturated heterocycles. The zero-order valence-corrected chi connectivity index (χ0v) is 17.1. The molecule has 148 valence electrons. The van der Waals surface area contributed by atoms with E-state index < -0.39 is 33.9 Å². The number of thioether (sulfide) groups is 1. The summed E-state index contributed by atoms with van der Waals surface area (Å²) >= 11 is 1.23. The highest BCUT2D eigenvalue weighted by Gasteiger charge is 2.35. The van der Waals surface area contributed by atoms with Gasteiger partial charge in [0.05, 0.1) is 22.8 Å². The van der Waals surface area contributed by atoms with Gasteiger partial charge < -0.3 is 9.64 Å². The van der Waals surface area contributed by atoms with Crippen molar-refractivity contribution in [1.82, 2.24) is 4.90 Å². The maximum atomic E-state index is 12.5. The van der Waals surface area contributed by atoms with Gasteiger partial charge in [-0.05, 0) is 32.4 Å². The normalized spacial score (nSPS) is 19.3. The summed E-state index contributed by atoms with van der Waals surface area (Å²) in [5, 5.41) is 0. The molecular weight excluding hydrogens is 390 g/mol. The minimum absolute atomic E-state index is 0.0140. The zero-order chi connectivity index (χ0) is 20.2. The molecule has 0 aliphatic carbocycles. The summed E-state index contributed by atoms with van der Waals surface area (Å²) in [6, 6.07) is 6.32. The Morgan fingerprint density at radius 2 is 1.96 bits per heavy atom. The van der Waals surface area contributed by atoms with Crippen molar-refractivity contribution in [2.75, 3.05) is 24.3 Å². The molecular formula is C18H23NO6S2. The minimum Gasteiger partial charge on any atom is -0.449 e. The van der Waals surface area contributed by atoms with Crippen molar-refractivity contribution >= 4 is 39.3 Å². The molecule has 0 radical (unpaired) electrons. The Kier molecular flexibility index (Phi) is 7.05. The van der Waals surface area contributed by atoms with Crippen LogP contribution >= 0.6 is 11.8 Å². The summed E-state index contributed by atoms with van der Waals surface area (Å²) in [5.41, 5.74) is 0.287. The maximum Gasteiger partial charge on any atom is 0.340 e. The van der Waals surface area contributed by atoms with Gasteiger partial charge in [-0.25, -0.2) is 13.2 Å². The van der Waals surface area contributed by atoms with Crippen molar-refractivity contribution in [3.05, 3.63) is 29.8 Å². The van der Waals surface area contributed by atoms with Crippen molar-refractivity contribution in [3.63, 3.8) is 0 Å². The molecule has 0 saturated carbocycles. The Balaban J connectivity index is 2.03. The van der Waals surface area contributed by atoms with Gasteiger partial charge in [-0.3, -0.25) is 9.59 Å². The molecule has 1 aliphatic heterocycles. The smallest absolute Gasteiger partial charge is 0.340 e. The molecule has 1 amide bonds. The number of likely N-dealkylation sites (N-methyl/N-ethyl adjacent to an activating group) is 1. The molecule has 1 fully saturated rings. The zero-order valence-electron chi connectivity index (χ0n) is 15.5. The molecule has 27 heavy (non-hydrogen) atoms. The average Bonchev–Trinajstić information content (AvgIpc) is 2.98. The number of rotatable bonds is 7. The number of nitrogens with zero attached hydrogens (tertiary/aromatic N) is 1. The number of carbonyl (C=O) groups excluding carboxylic acids is 3. The fourth-order valence-electron chi connectivity index (χ4n) is 2.76. The first kappa shape index (κ1) is 21.4. The van der Waals surface area contributed by atoms with Crippen molar-refractivity contribution in [2.24, 2.45) is 0 Å². The molecule has 9 heteroatoms. The first-order valence-electron chi connectivity index (χ1n) is 8.50. The topological polar surface area (TPSA) is 97.8 Å². The SMILES string of the molecule is CC(=O)CSc1ccccc1C(=O)O[C@H](C)C(=O)N(C)[C@H]1CCS(=O)(=O)C1. The Hall–Kier alpha value is -1.87. The molecule has 1 heterocycles. The highest BCUT2D eigenvalue weighted by molar-refractivity contribution is 8.00. The third kappa shape index (κ3) is 5.80. The minimum atomic E-state index is -3.12. The summed E-state index contributed by atoms with van der Waals surface area (Å²) in [6.45, 7) is 2.93. The number of ether oxygens (including phenoxy) is 1. The Morgan fingerprint density at radius 1 is 1.30 bits per heavy atom. The molecule has 0 aromatic heterocycles. The van der Waals surface area contributed by atoms with Crippen LogP contribution < -0.4 is 0 Å². The van der Waals surface area contributed by atoms with Crippen LogP contribution in [-0.4, -0.2) is 67.4 Å². The lowest BCUT2D eigenvalue weighted by Crippen LogP contribution is -2.44. The molecule has 2 rings (SSSR count). The van der Waals surface area contributed by atoms with Gasteiger partial charge in [0.1, 0.15) is 5.78 Å². The lowest BCUT2D eigenvalue weighted by Gasteiger charge is -2.26. The molecule has 0 unspecified atom stereocenters. The van der Waals surface area contributed by atoms with Gasteiger partial charge in [-0.2, -0.15) is 0 Å². The number of amides is 1. The summed E-state index contributed by atoms with van der Waals surface area (Å²) in [4.78, 5) is 38.1. The first-order chi connectivity index (χ1) is 12.6. The van der Waals surface area contributed by atoms with Crippen molar-refractivity contribution in [1.29, 1.82) is 0 Å². The van der Waals surface area contributed by atoms with Crippen molar-refractivity contribution in [2.45, 2.75) is 37.3 Å². The Morgan fingerprint density at radius 3 is 2.56 bits per heavy atom. The van der Waals surface area contributed by atoms with E-state index in [4.69, 9.17) is 4.74 Å². The van der Waals surface area contributed by atoms with Crippen LogP contribution in [0.2, 0.25) is 0 Å². The van der Waals surface area contributed by atoms with E-state index in [1.165, 1.54) is 37.6 Å². The summed E-state index contributed by atoms with van der Waals surface area (Å²) in [6.07, 6.45) is -0.660. The number of benzene rings is 1. The molecule has 1 aromatic carbocycles. The van der Waals surface area contributed by atoms with E-state index >= 15 is 0 Å². The molecule has 7 nitrogen and oxygen atoms in total. The third-order valence-corrected chi connectivity index (χ3v) is 7.24. The van der Waals surface area contributed by atoms with Crippen LogP contribution in [0.1, 0.15) is 30.6 Å². The number of carbonyl (C=O) groups is 3. The number of ketones is 1. The number of esters is 1. The number of sulfone groups is 1. The van der Waals surface area contributed by atoms with E-state index in [2.05, 4.69) is 0 Å². The predicted molar refractivity (Wildman–Crippen MR) is 103 cm³/mol. The highest BCUT2D eigenvalue weighted by atomic mass is 32.2. The molecule has 1 aromatic rings. The van der Waals surface area contributed by atoms with Gasteiger partial charge >= 0.3 is 5.97 Å². The second-order valence-corrected chi connectivity index (χ2v) is 9.79. The molecule has 0 N–H and O–H groups in total. The van der Waals surface area contributed by atoms with Gasteiger partial charge in [0.15, 0.2) is 15.9 Å². The van der Waals surface area contributed by atoms with E-state index in [1.54, 1.807) is 24.3 Å². The van der Waals surface area contributed by atoms with Crippen LogP contribution in [0.25, 0.3) is 0 Å². The van der Waals surface area contributed by atoms with Gasteiger partial charge in [0, 0.05) is 18.0 Å². The summed E-state index contributed by atoms with van der Waals surface area (Å²) < 4.78 is 28.5. The van der Waals surface area contributed by atoms with Gasteiger partial charge in [0.2, 0.25) is 0 Å². The Bertz CT molecular complexity index is 836. The van der Waals surface area contributed by atoms with Gasteiger partial charge in [-0.1, -0.05) is 12.1 Å². The van der Waals surface area contributed by atoms with Crippen LogP contribution in [0.5, 0.6) is 0 Å². The molecule has 2 atom stereocenters. The second kappa shape index (κ2) is 8.88. The van der Waals surface area contributed by atoms with Gasteiger partial charge in [-0.15, -0.1) is 11.8 Å². The maximum absolute atomic E-state index is 12.5. The van der Waals surface area contributed by atoms with E-state index in [0.29, 0.717) is 11.3 Å². The third-order valence-electron chi connectivity index (χ3n) is 4.27. The van der Waals surface area contributed by atoms with Crippen LogP contribution in [0, 0.1) is 0 Å². The quantitative estimate of drug-likeness (QED) is 0.494. The van der Waals surface area contributed by atoms with E-state index in [9.17, 15) is 22.8 Å². The first-order valence-corrected chi connectivity index (χ1v) is 11.3.